The van der Waals surface area contributed by atoms with Crippen LogP contribution in [0.4, 0.5) is 0 Å². The van der Waals surface area contributed by atoms with Crippen molar-refractivity contribution in [1.29, 1.82) is 0 Å². The van der Waals surface area contributed by atoms with Crippen LogP contribution in [0.2, 0.25) is 0 Å². The number of carbonyl (C=O) groups excluding carboxylic acids is 1. The summed E-state index contributed by atoms with van der Waals surface area (Å²) in [6.07, 6.45) is 1.81. The highest BCUT2D eigenvalue weighted by molar-refractivity contribution is 7.89. The van der Waals surface area contributed by atoms with Gasteiger partial charge in [-0.2, -0.15) is 0 Å². The summed E-state index contributed by atoms with van der Waals surface area (Å²) in [5.41, 5.74) is 4.95. The lowest BCUT2D eigenvalue weighted by molar-refractivity contribution is 0.1000. The number of methoxy groups -OCH3 is 1. The number of primary amides is 1. The van der Waals surface area contributed by atoms with Crippen LogP contribution in [0.15, 0.2) is 29.2 Å². The van der Waals surface area contributed by atoms with Gasteiger partial charge in [0, 0.05) is 19.2 Å². The van der Waals surface area contributed by atoms with E-state index >= 15 is 0 Å². The van der Waals surface area contributed by atoms with Gasteiger partial charge in [0.2, 0.25) is 15.9 Å². The molecule has 1 aliphatic rings. The SMILES string of the molecule is COCC1(CNS(=O)(=O)c2cccc(C(N)=O)c2)CCCN1. The molecule has 1 atom stereocenters. The normalized spacial score (nSPS) is 21.9. The molecule has 0 bridgehead atoms. The van der Waals surface area contributed by atoms with E-state index < -0.39 is 15.9 Å². The van der Waals surface area contributed by atoms with Crippen molar-refractivity contribution in [1.82, 2.24) is 10.0 Å². The van der Waals surface area contributed by atoms with Crippen LogP contribution in [0.1, 0.15) is 23.2 Å². The molecule has 22 heavy (non-hydrogen) atoms. The van der Waals surface area contributed by atoms with Crippen LogP contribution >= 0.6 is 0 Å². The molecular weight excluding hydrogens is 306 g/mol. The molecule has 1 aromatic carbocycles. The molecule has 8 heteroatoms. The molecule has 0 aliphatic carbocycles. The summed E-state index contributed by atoms with van der Waals surface area (Å²) < 4.78 is 32.5. The number of nitrogens with one attached hydrogen (secondary N) is 2. The van der Waals surface area contributed by atoms with E-state index in [0.717, 1.165) is 19.4 Å². The standard InChI is InChI=1S/C14H21N3O4S/c1-21-10-14(6-3-7-16-14)9-17-22(19,20)12-5-2-4-11(8-12)13(15)18/h2,4-5,8,16-17H,3,6-7,9-10H2,1H3,(H2,15,18). The molecule has 2 rings (SSSR count). The highest BCUT2D eigenvalue weighted by Gasteiger charge is 2.34. The number of sulfonamides is 1. The van der Waals surface area contributed by atoms with E-state index in [1.54, 1.807) is 7.11 Å². The molecule has 0 aromatic heterocycles. The number of rotatable bonds is 7. The second kappa shape index (κ2) is 6.74. The van der Waals surface area contributed by atoms with Gasteiger partial charge in [-0.3, -0.25) is 4.79 Å². The van der Waals surface area contributed by atoms with Gasteiger partial charge in [0.15, 0.2) is 0 Å². The molecule has 1 heterocycles. The Kier molecular flexibility index (Phi) is 5.17. The van der Waals surface area contributed by atoms with Crippen molar-refractivity contribution in [2.24, 2.45) is 5.73 Å². The minimum absolute atomic E-state index is 0.0226. The van der Waals surface area contributed by atoms with Crippen LogP contribution in [-0.4, -0.2) is 46.7 Å². The summed E-state index contributed by atoms with van der Waals surface area (Å²) in [5.74, 6) is -0.662. The van der Waals surface area contributed by atoms with Crippen molar-refractivity contribution in [3.8, 4) is 0 Å². The Hall–Kier alpha value is -1.48. The highest BCUT2D eigenvalue weighted by Crippen LogP contribution is 2.20. The topological polar surface area (TPSA) is 111 Å². The second-order valence-corrected chi connectivity index (χ2v) is 7.23. The minimum atomic E-state index is -3.71. The fraction of sp³-hybridized carbons (Fsp3) is 0.500. The number of nitrogens with two attached hydrogens (primary N) is 1. The Morgan fingerprint density at radius 1 is 1.50 bits per heavy atom. The molecule has 0 radical (unpaired) electrons. The van der Waals surface area contributed by atoms with Crippen molar-refractivity contribution < 1.29 is 17.9 Å². The van der Waals surface area contributed by atoms with Crippen LogP contribution < -0.4 is 15.8 Å². The zero-order valence-electron chi connectivity index (χ0n) is 12.5. The summed E-state index contributed by atoms with van der Waals surface area (Å²) in [7, 11) is -2.12. The fourth-order valence-corrected chi connectivity index (χ4v) is 3.78. The van der Waals surface area contributed by atoms with Gasteiger partial charge in [-0.25, -0.2) is 13.1 Å². The predicted molar refractivity (Wildman–Crippen MR) is 82.0 cm³/mol. The van der Waals surface area contributed by atoms with Crippen LogP contribution in [0.3, 0.4) is 0 Å². The first kappa shape index (κ1) is 16.9. The third kappa shape index (κ3) is 3.83. The van der Waals surface area contributed by atoms with E-state index in [0.29, 0.717) is 6.61 Å². The van der Waals surface area contributed by atoms with Gasteiger partial charge in [0.25, 0.3) is 0 Å². The van der Waals surface area contributed by atoms with E-state index in [-0.39, 0.29) is 22.5 Å². The van der Waals surface area contributed by atoms with Crippen LogP contribution in [-0.2, 0) is 14.8 Å². The van der Waals surface area contributed by atoms with Crippen molar-refractivity contribution in [2.75, 3.05) is 26.8 Å². The van der Waals surface area contributed by atoms with Gasteiger partial charge in [0.05, 0.1) is 17.0 Å². The molecule has 4 N–H and O–H groups in total. The summed E-state index contributed by atoms with van der Waals surface area (Å²) in [6, 6.07) is 5.68. The fourth-order valence-electron chi connectivity index (χ4n) is 2.60. The molecular formula is C14H21N3O4S. The summed E-state index contributed by atoms with van der Waals surface area (Å²) >= 11 is 0. The predicted octanol–water partition coefficient (Wildman–Crippen LogP) is -0.168. The summed E-state index contributed by atoms with van der Waals surface area (Å²) in [6.45, 7) is 1.49. The maximum atomic E-state index is 12.4. The lowest BCUT2D eigenvalue weighted by Gasteiger charge is -2.28. The molecule has 0 spiro atoms. The lowest BCUT2D eigenvalue weighted by Crippen LogP contribution is -2.52. The monoisotopic (exact) mass is 327 g/mol. The van der Waals surface area contributed by atoms with Gasteiger partial charge in [-0.1, -0.05) is 6.07 Å². The maximum absolute atomic E-state index is 12.4. The average molecular weight is 327 g/mol. The minimum Gasteiger partial charge on any atom is -0.383 e. The molecule has 1 aliphatic heterocycles. The number of hydrogen-bond acceptors (Lipinski definition) is 5. The van der Waals surface area contributed by atoms with E-state index in [9.17, 15) is 13.2 Å². The number of ether oxygens (including phenoxy) is 1. The molecule has 1 unspecified atom stereocenters. The average Bonchev–Trinajstić information content (AvgIpc) is 2.95. The van der Waals surface area contributed by atoms with Gasteiger partial charge < -0.3 is 15.8 Å². The van der Waals surface area contributed by atoms with E-state index in [1.165, 1.54) is 24.3 Å². The zero-order valence-corrected chi connectivity index (χ0v) is 13.3. The van der Waals surface area contributed by atoms with Crippen LogP contribution in [0.5, 0.6) is 0 Å². The number of carbonyl (C=O) groups is 1. The van der Waals surface area contributed by atoms with Crippen molar-refractivity contribution >= 4 is 15.9 Å². The summed E-state index contributed by atoms with van der Waals surface area (Å²) in [4.78, 5) is 11.2. The highest BCUT2D eigenvalue weighted by atomic mass is 32.2. The molecule has 1 saturated heterocycles. The molecule has 1 aromatic rings. The zero-order chi connectivity index (χ0) is 16.2. The first-order valence-electron chi connectivity index (χ1n) is 7.02. The smallest absolute Gasteiger partial charge is 0.248 e. The Morgan fingerprint density at radius 2 is 2.27 bits per heavy atom. The van der Waals surface area contributed by atoms with Crippen LogP contribution in [0, 0.1) is 0 Å². The van der Waals surface area contributed by atoms with Crippen LogP contribution in [0.25, 0.3) is 0 Å². The third-order valence-corrected chi connectivity index (χ3v) is 5.18. The second-order valence-electron chi connectivity index (χ2n) is 5.46. The Bertz CT molecular complexity index is 639. The van der Waals surface area contributed by atoms with Gasteiger partial charge in [0.1, 0.15) is 0 Å². The molecule has 0 saturated carbocycles. The first-order valence-corrected chi connectivity index (χ1v) is 8.50. The van der Waals surface area contributed by atoms with Gasteiger partial charge in [-0.15, -0.1) is 0 Å². The molecule has 7 nitrogen and oxygen atoms in total. The largest absolute Gasteiger partial charge is 0.383 e. The van der Waals surface area contributed by atoms with Gasteiger partial charge >= 0.3 is 0 Å². The summed E-state index contributed by atoms with van der Waals surface area (Å²) in [5, 5.41) is 3.30. The molecule has 122 valence electrons. The number of benzene rings is 1. The number of hydrogen-bond donors (Lipinski definition) is 3. The molecule has 1 amide bonds. The van der Waals surface area contributed by atoms with Crippen molar-refractivity contribution in [3.05, 3.63) is 29.8 Å². The Morgan fingerprint density at radius 3 is 2.86 bits per heavy atom. The van der Waals surface area contributed by atoms with E-state index in [4.69, 9.17) is 10.5 Å². The van der Waals surface area contributed by atoms with Gasteiger partial charge in [-0.05, 0) is 37.6 Å². The maximum Gasteiger partial charge on any atom is 0.248 e. The van der Waals surface area contributed by atoms with Crippen molar-refractivity contribution in [3.63, 3.8) is 0 Å². The first-order chi connectivity index (χ1) is 10.4. The third-order valence-electron chi connectivity index (χ3n) is 3.78. The Labute approximate surface area is 130 Å². The quantitative estimate of drug-likeness (QED) is 0.644. The molecule has 1 fully saturated rings. The van der Waals surface area contributed by atoms with E-state index in [1.807, 2.05) is 0 Å². The number of amides is 1. The lowest BCUT2D eigenvalue weighted by atomic mass is 9.99. The Balaban J connectivity index is 2.14. The van der Waals surface area contributed by atoms with E-state index in [2.05, 4.69) is 10.0 Å². The van der Waals surface area contributed by atoms with Crippen molar-refractivity contribution in [2.45, 2.75) is 23.3 Å².